The van der Waals surface area contributed by atoms with Gasteiger partial charge in [0.2, 0.25) is 0 Å². The van der Waals surface area contributed by atoms with E-state index in [2.05, 4.69) is 20.9 Å². The highest BCUT2D eigenvalue weighted by molar-refractivity contribution is 5.94. The third kappa shape index (κ3) is 3.28. The molecule has 1 fully saturated rings. The van der Waals surface area contributed by atoms with Crippen LogP contribution < -0.4 is 10.6 Å². The Morgan fingerprint density at radius 2 is 2.21 bits per heavy atom. The van der Waals surface area contributed by atoms with Gasteiger partial charge in [-0.2, -0.15) is 0 Å². The minimum Gasteiger partial charge on any atom is -0.480 e. The molecule has 8 nitrogen and oxygen atoms in total. The molecular formula is C11H17N5O3. The average Bonchev–Trinajstić information content (AvgIpc) is 2.89. The Hall–Kier alpha value is -1.96. The number of nitrogens with zero attached hydrogens (tertiary/aromatic N) is 3. The molecule has 0 saturated carbocycles. The predicted molar refractivity (Wildman–Crippen MR) is 65.7 cm³/mol. The Labute approximate surface area is 110 Å². The number of hydrogen-bond donors (Lipinski definition) is 3. The summed E-state index contributed by atoms with van der Waals surface area (Å²) in [6.07, 6.45) is 3.45. The molecule has 1 saturated heterocycles. The molecule has 0 aromatic carbocycles. The summed E-state index contributed by atoms with van der Waals surface area (Å²) in [6.45, 7) is 3.24. The van der Waals surface area contributed by atoms with Crippen molar-refractivity contribution < 1.29 is 14.7 Å². The van der Waals surface area contributed by atoms with Crippen molar-refractivity contribution in [3.8, 4) is 0 Å². The smallest absolute Gasteiger partial charge is 0.325 e. The average molecular weight is 267 g/mol. The number of nitrogens with one attached hydrogen (secondary N) is 2. The van der Waals surface area contributed by atoms with Crippen LogP contribution in [0, 0.1) is 0 Å². The number of carbonyl (C=O) groups is 2. The number of hydrogen-bond acceptors (Lipinski definition) is 5. The van der Waals surface area contributed by atoms with Crippen molar-refractivity contribution in [2.24, 2.45) is 0 Å². The number of carboxylic acid groups (broad SMARTS) is 1. The minimum absolute atomic E-state index is 0.145. The van der Waals surface area contributed by atoms with Crippen LogP contribution in [-0.2, 0) is 4.79 Å². The molecule has 1 atom stereocenters. The summed E-state index contributed by atoms with van der Waals surface area (Å²) in [5.41, 5.74) is 0.145. The van der Waals surface area contributed by atoms with E-state index < -0.39 is 17.9 Å². The predicted octanol–water partition coefficient (Wildman–Crippen LogP) is -0.594. The number of aromatic nitrogens is 3. The molecule has 0 spiro atoms. The summed E-state index contributed by atoms with van der Waals surface area (Å²) in [5, 5.41) is 22.1. The summed E-state index contributed by atoms with van der Waals surface area (Å²) in [7, 11) is 0. The van der Waals surface area contributed by atoms with Crippen LogP contribution in [0.1, 0.15) is 36.3 Å². The van der Waals surface area contributed by atoms with Crippen molar-refractivity contribution in [2.75, 3.05) is 13.1 Å². The molecule has 0 radical (unpaired) electrons. The van der Waals surface area contributed by atoms with E-state index in [-0.39, 0.29) is 11.7 Å². The van der Waals surface area contributed by atoms with Crippen LogP contribution in [0.4, 0.5) is 0 Å². The van der Waals surface area contributed by atoms with Gasteiger partial charge in [0.05, 0.1) is 12.2 Å². The lowest BCUT2D eigenvalue weighted by Crippen LogP contribution is -2.38. The zero-order chi connectivity index (χ0) is 13.8. The number of aliphatic carboxylic acids is 1. The molecule has 1 aromatic rings. The number of amides is 1. The van der Waals surface area contributed by atoms with E-state index in [1.807, 2.05) is 0 Å². The van der Waals surface area contributed by atoms with Crippen molar-refractivity contribution in [2.45, 2.75) is 31.8 Å². The molecule has 2 rings (SSSR count). The Balaban J connectivity index is 1.99. The number of piperidine rings is 1. The molecule has 3 N–H and O–H groups in total. The Kier molecular flexibility index (Phi) is 4.10. The molecule has 19 heavy (non-hydrogen) atoms. The number of rotatable bonds is 4. The van der Waals surface area contributed by atoms with Crippen LogP contribution in [0.25, 0.3) is 0 Å². The SMILES string of the molecule is C[C@@H](NC(=O)c1cn(C2CCNCC2)nn1)C(=O)O. The van der Waals surface area contributed by atoms with E-state index in [0.29, 0.717) is 0 Å². The largest absolute Gasteiger partial charge is 0.480 e. The topological polar surface area (TPSA) is 109 Å². The highest BCUT2D eigenvalue weighted by Gasteiger charge is 2.20. The Morgan fingerprint density at radius 1 is 1.53 bits per heavy atom. The van der Waals surface area contributed by atoms with Gasteiger partial charge >= 0.3 is 5.97 Å². The standard InChI is InChI=1S/C11H17N5O3/c1-7(11(18)19)13-10(17)9-6-16(15-14-9)8-2-4-12-5-3-8/h6-8,12H,2-5H2,1H3,(H,13,17)(H,18,19)/t7-/m1/s1. The molecule has 0 bridgehead atoms. The molecule has 1 aromatic heterocycles. The van der Waals surface area contributed by atoms with Crippen LogP contribution in [0.5, 0.6) is 0 Å². The van der Waals surface area contributed by atoms with Gasteiger partial charge < -0.3 is 15.7 Å². The molecule has 104 valence electrons. The number of carbonyl (C=O) groups excluding carboxylic acids is 1. The van der Waals surface area contributed by atoms with E-state index in [0.717, 1.165) is 25.9 Å². The molecule has 0 unspecified atom stereocenters. The van der Waals surface area contributed by atoms with E-state index in [9.17, 15) is 9.59 Å². The molecule has 2 heterocycles. The van der Waals surface area contributed by atoms with Crippen LogP contribution in [0.3, 0.4) is 0 Å². The van der Waals surface area contributed by atoms with Gasteiger partial charge in [-0.25, -0.2) is 4.68 Å². The van der Waals surface area contributed by atoms with Crippen molar-refractivity contribution in [3.63, 3.8) is 0 Å². The third-order valence-electron chi connectivity index (χ3n) is 3.14. The van der Waals surface area contributed by atoms with Gasteiger partial charge in [-0.1, -0.05) is 5.21 Å². The highest BCUT2D eigenvalue weighted by Crippen LogP contribution is 2.16. The maximum absolute atomic E-state index is 11.8. The zero-order valence-electron chi connectivity index (χ0n) is 10.7. The van der Waals surface area contributed by atoms with E-state index in [4.69, 9.17) is 5.11 Å². The van der Waals surface area contributed by atoms with Gasteiger partial charge in [0.1, 0.15) is 6.04 Å². The first-order valence-electron chi connectivity index (χ1n) is 6.24. The second-order valence-corrected chi connectivity index (χ2v) is 4.60. The van der Waals surface area contributed by atoms with E-state index in [1.165, 1.54) is 6.92 Å². The Morgan fingerprint density at radius 3 is 2.84 bits per heavy atom. The quantitative estimate of drug-likeness (QED) is 0.672. The summed E-state index contributed by atoms with van der Waals surface area (Å²) in [6, 6.07) is -0.705. The van der Waals surface area contributed by atoms with Crippen LogP contribution in [-0.4, -0.2) is 51.1 Å². The third-order valence-corrected chi connectivity index (χ3v) is 3.14. The van der Waals surface area contributed by atoms with Crippen LogP contribution in [0.2, 0.25) is 0 Å². The molecule has 0 aliphatic carbocycles. The summed E-state index contributed by atoms with van der Waals surface area (Å²) in [4.78, 5) is 22.4. The van der Waals surface area contributed by atoms with Crippen molar-refractivity contribution >= 4 is 11.9 Å². The first-order valence-corrected chi connectivity index (χ1v) is 6.24. The lowest BCUT2D eigenvalue weighted by Gasteiger charge is -2.22. The lowest BCUT2D eigenvalue weighted by molar-refractivity contribution is -0.138. The second-order valence-electron chi connectivity index (χ2n) is 4.60. The fraction of sp³-hybridized carbons (Fsp3) is 0.636. The fourth-order valence-corrected chi connectivity index (χ4v) is 1.96. The molecule has 8 heteroatoms. The van der Waals surface area contributed by atoms with Gasteiger partial charge in [0.15, 0.2) is 5.69 Å². The first-order chi connectivity index (χ1) is 9.08. The van der Waals surface area contributed by atoms with E-state index in [1.54, 1.807) is 10.9 Å². The first kappa shape index (κ1) is 13.5. The van der Waals surface area contributed by atoms with Crippen molar-refractivity contribution in [3.05, 3.63) is 11.9 Å². The van der Waals surface area contributed by atoms with Crippen molar-refractivity contribution in [1.82, 2.24) is 25.6 Å². The minimum atomic E-state index is -1.08. The van der Waals surface area contributed by atoms with Gasteiger partial charge in [0, 0.05) is 0 Å². The summed E-state index contributed by atoms with van der Waals surface area (Å²) in [5.74, 6) is -1.60. The molecular weight excluding hydrogens is 250 g/mol. The lowest BCUT2D eigenvalue weighted by atomic mass is 10.1. The summed E-state index contributed by atoms with van der Waals surface area (Å²) >= 11 is 0. The Bertz CT molecular complexity index is 467. The normalized spacial score (nSPS) is 17.9. The fourth-order valence-electron chi connectivity index (χ4n) is 1.96. The van der Waals surface area contributed by atoms with Gasteiger partial charge in [-0.3, -0.25) is 9.59 Å². The maximum Gasteiger partial charge on any atom is 0.325 e. The van der Waals surface area contributed by atoms with Crippen molar-refractivity contribution in [1.29, 1.82) is 0 Å². The van der Waals surface area contributed by atoms with Gasteiger partial charge in [-0.05, 0) is 32.9 Å². The van der Waals surface area contributed by atoms with Gasteiger partial charge in [0.25, 0.3) is 5.91 Å². The molecule has 1 aliphatic heterocycles. The van der Waals surface area contributed by atoms with Crippen LogP contribution in [0.15, 0.2) is 6.20 Å². The molecule has 1 aliphatic rings. The van der Waals surface area contributed by atoms with Gasteiger partial charge in [-0.15, -0.1) is 5.10 Å². The number of carboxylic acids is 1. The summed E-state index contributed by atoms with van der Waals surface area (Å²) < 4.78 is 1.68. The van der Waals surface area contributed by atoms with E-state index >= 15 is 0 Å². The molecule has 1 amide bonds. The maximum atomic E-state index is 11.8. The zero-order valence-corrected chi connectivity index (χ0v) is 10.7. The second kappa shape index (κ2) is 5.79. The highest BCUT2D eigenvalue weighted by atomic mass is 16.4. The monoisotopic (exact) mass is 267 g/mol. The van der Waals surface area contributed by atoms with Crippen LogP contribution >= 0.6 is 0 Å².